The Bertz CT molecular complexity index is 607. The zero-order valence-electron chi connectivity index (χ0n) is 10.7. The lowest BCUT2D eigenvalue weighted by atomic mass is 10.3. The van der Waals surface area contributed by atoms with Gasteiger partial charge in [-0.05, 0) is 25.1 Å². The number of carbonyl (C=O) groups is 1. The van der Waals surface area contributed by atoms with Gasteiger partial charge in [0.05, 0.1) is 0 Å². The van der Waals surface area contributed by atoms with Gasteiger partial charge in [-0.25, -0.2) is 4.68 Å². The number of amides is 1. The summed E-state index contributed by atoms with van der Waals surface area (Å²) in [7, 11) is 0. The number of rotatable bonds is 4. The van der Waals surface area contributed by atoms with Gasteiger partial charge in [0, 0.05) is 24.5 Å². The van der Waals surface area contributed by atoms with Gasteiger partial charge in [-0.1, -0.05) is 18.2 Å². The second kappa shape index (κ2) is 5.95. The van der Waals surface area contributed by atoms with Crippen LogP contribution in [0.25, 0.3) is 0 Å². The zero-order valence-corrected chi connectivity index (χ0v) is 10.7. The van der Waals surface area contributed by atoms with E-state index in [2.05, 4.69) is 5.10 Å². The SMILES string of the molecule is CCN(C(=O)Cn1ncccc1=O)c1ccccc1. The summed E-state index contributed by atoms with van der Waals surface area (Å²) in [5.41, 5.74) is 0.541. The third-order valence-corrected chi connectivity index (χ3v) is 2.76. The Morgan fingerprint density at radius 3 is 2.58 bits per heavy atom. The highest BCUT2D eigenvalue weighted by Crippen LogP contribution is 2.13. The second-order valence-corrected chi connectivity index (χ2v) is 3.99. The van der Waals surface area contributed by atoms with Crippen molar-refractivity contribution in [2.45, 2.75) is 13.5 Å². The molecular weight excluding hydrogens is 242 g/mol. The van der Waals surface area contributed by atoms with Crippen LogP contribution < -0.4 is 10.5 Å². The molecule has 5 heteroatoms. The fourth-order valence-corrected chi connectivity index (χ4v) is 1.83. The number of hydrogen-bond acceptors (Lipinski definition) is 3. The van der Waals surface area contributed by atoms with Crippen LogP contribution in [-0.4, -0.2) is 22.2 Å². The molecule has 0 fully saturated rings. The van der Waals surface area contributed by atoms with Crippen molar-refractivity contribution in [3.05, 3.63) is 59.0 Å². The number of likely N-dealkylation sites (N-methyl/N-ethyl adjacent to an activating group) is 1. The predicted octanol–water partition coefficient (Wildman–Crippen LogP) is 1.30. The van der Waals surface area contributed by atoms with E-state index in [-0.39, 0.29) is 18.0 Å². The van der Waals surface area contributed by atoms with Crippen molar-refractivity contribution in [3.63, 3.8) is 0 Å². The third-order valence-electron chi connectivity index (χ3n) is 2.76. The summed E-state index contributed by atoms with van der Waals surface area (Å²) in [5, 5.41) is 3.89. The third kappa shape index (κ3) is 3.07. The molecule has 2 rings (SSSR count). The summed E-state index contributed by atoms with van der Waals surface area (Å²) in [6.07, 6.45) is 1.49. The van der Waals surface area contributed by atoms with E-state index < -0.39 is 0 Å². The van der Waals surface area contributed by atoms with E-state index in [1.165, 1.54) is 12.3 Å². The molecule has 0 aliphatic carbocycles. The Hall–Kier alpha value is -2.43. The van der Waals surface area contributed by atoms with Crippen LogP contribution in [0.5, 0.6) is 0 Å². The topological polar surface area (TPSA) is 55.2 Å². The van der Waals surface area contributed by atoms with Gasteiger partial charge in [-0.2, -0.15) is 5.10 Å². The summed E-state index contributed by atoms with van der Waals surface area (Å²) < 4.78 is 1.16. The number of para-hydroxylation sites is 1. The van der Waals surface area contributed by atoms with E-state index >= 15 is 0 Å². The summed E-state index contributed by atoms with van der Waals surface area (Å²) in [6, 6.07) is 12.3. The van der Waals surface area contributed by atoms with E-state index in [0.29, 0.717) is 6.54 Å². The van der Waals surface area contributed by atoms with Crippen LogP contribution in [0.3, 0.4) is 0 Å². The normalized spacial score (nSPS) is 10.2. The Balaban J connectivity index is 2.19. The maximum absolute atomic E-state index is 12.2. The number of anilines is 1. The van der Waals surface area contributed by atoms with Crippen molar-refractivity contribution >= 4 is 11.6 Å². The van der Waals surface area contributed by atoms with Crippen LogP contribution in [0.15, 0.2) is 53.5 Å². The molecule has 5 nitrogen and oxygen atoms in total. The van der Waals surface area contributed by atoms with Gasteiger partial charge in [0.15, 0.2) is 0 Å². The van der Waals surface area contributed by atoms with Crippen LogP contribution in [0, 0.1) is 0 Å². The zero-order chi connectivity index (χ0) is 13.7. The Kier molecular flexibility index (Phi) is 4.07. The molecule has 0 unspecified atom stereocenters. The molecule has 0 aliphatic heterocycles. The highest BCUT2D eigenvalue weighted by molar-refractivity contribution is 5.93. The van der Waals surface area contributed by atoms with E-state index in [1.807, 2.05) is 37.3 Å². The largest absolute Gasteiger partial charge is 0.311 e. The van der Waals surface area contributed by atoms with Crippen molar-refractivity contribution < 1.29 is 4.79 Å². The molecule has 0 aliphatic rings. The van der Waals surface area contributed by atoms with Gasteiger partial charge in [-0.15, -0.1) is 0 Å². The first kappa shape index (κ1) is 13.0. The molecule has 19 heavy (non-hydrogen) atoms. The maximum Gasteiger partial charge on any atom is 0.267 e. The number of nitrogens with zero attached hydrogens (tertiary/aromatic N) is 3. The van der Waals surface area contributed by atoms with Crippen molar-refractivity contribution in [2.24, 2.45) is 0 Å². The van der Waals surface area contributed by atoms with Crippen LogP contribution in [0.4, 0.5) is 5.69 Å². The van der Waals surface area contributed by atoms with E-state index in [0.717, 1.165) is 10.4 Å². The molecule has 0 saturated heterocycles. The number of benzene rings is 1. The molecule has 0 saturated carbocycles. The molecule has 1 amide bonds. The molecule has 0 N–H and O–H groups in total. The monoisotopic (exact) mass is 257 g/mol. The minimum Gasteiger partial charge on any atom is -0.311 e. The molecule has 0 atom stereocenters. The average molecular weight is 257 g/mol. The van der Waals surface area contributed by atoms with Gasteiger partial charge in [-0.3, -0.25) is 9.59 Å². The van der Waals surface area contributed by atoms with Crippen LogP contribution >= 0.6 is 0 Å². The Morgan fingerprint density at radius 2 is 1.95 bits per heavy atom. The first-order valence-corrected chi connectivity index (χ1v) is 6.10. The van der Waals surface area contributed by atoms with Crippen molar-refractivity contribution in [1.82, 2.24) is 9.78 Å². The molecule has 0 bridgehead atoms. The summed E-state index contributed by atoms with van der Waals surface area (Å²) in [5.74, 6) is -0.158. The summed E-state index contributed by atoms with van der Waals surface area (Å²) >= 11 is 0. The van der Waals surface area contributed by atoms with Gasteiger partial charge in [0.2, 0.25) is 5.91 Å². The minimum absolute atomic E-state index is 0.0532. The quantitative estimate of drug-likeness (QED) is 0.829. The standard InChI is InChI=1S/C14H15N3O2/c1-2-16(12-7-4-3-5-8-12)14(19)11-17-13(18)9-6-10-15-17/h3-10H,2,11H2,1H3. The summed E-state index contributed by atoms with van der Waals surface area (Å²) in [6.45, 7) is 2.39. The first-order valence-electron chi connectivity index (χ1n) is 6.10. The van der Waals surface area contributed by atoms with E-state index in [9.17, 15) is 9.59 Å². The van der Waals surface area contributed by atoms with Crippen LogP contribution in [0.1, 0.15) is 6.92 Å². The predicted molar refractivity (Wildman–Crippen MR) is 73.0 cm³/mol. The molecule has 1 aromatic heterocycles. The number of hydrogen-bond donors (Lipinski definition) is 0. The molecule has 1 heterocycles. The Labute approximate surface area is 111 Å². The highest BCUT2D eigenvalue weighted by Gasteiger charge is 2.14. The fraction of sp³-hybridized carbons (Fsp3) is 0.214. The number of aromatic nitrogens is 2. The van der Waals surface area contributed by atoms with Gasteiger partial charge in [0.25, 0.3) is 5.56 Å². The van der Waals surface area contributed by atoms with Gasteiger partial charge in [0.1, 0.15) is 6.54 Å². The lowest BCUT2D eigenvalue weighted by molar-refractivity contribution is -0.119. The molecule has 0 spiro atoms. The van der Waals surface area contributed by atoms with Crippen LogP contribution in [0.2, 0.25) is 0 Å². The lowest BCUT2D eigenvalue weighted by Crippen LogP contribution is -2.37. The summed E-state index contributed by atoms with van der Waals surface area (Å²) in [4.78, 5) is 25.4. The minimum atomic E-state index is -0.278. The van der Waals surface area contributed by atoms with E-state index in [4.69, 9.17) is 0 Å². The average Bonchev–Trinajstić information content (AvgIpc) is 2.43. The van der Waals surface area contributed by atoms with Crippen LogP contribution in [-0.2, 0) is 11.3 Å². The molecule has 1 aromatic carbocycles. The molecule has 98 valence electrons. The first-order chi connectivity index (χ1) is 9.22. The van der Waals surface area contributed by atoms with Crippen molar-refractivity contribution in [2.75, 3.05) is 11.4 Å². The van der Waals surface area contributed by atoms with Crippen molar-refractivity contribution in [1.29, 1.82) is 0 Å². The van der Waals surface area contributed by atoms with Crippen molar-refractivity contribution in [3.8, 4) is 0 Å². The molecule has 0 radical (unpaired) electrons. The van der Waals surface area contributed by atoms with Gasteiger partial charge >= 0.3 is 0 Å². The fourth-order valence-electron chi connectivity index (χ4n) is 1.83. The number of carbonyl (C=O) groups excluding carboxylic acids is 1. The van der Waals surface area contributed by atoms with Gasteiger partial charge < -0.3 is 4.90 Å². The molecule has 2 aromatic rings. The Morgan fingerprint density at radius 1 is 1.21 bits per heavy atom. The maximum atomic E-state index is 12.2. The highest BCUT2D eigenvalue weighted by atomic mass is 16.2. The second-order valence-electron chi connectivity index (χ2n) is 3.99. The lowest BCUT2D eigenvalue weighted by Gasteiger charge is -2.21. The van der Waals surface area contributed by atoms with E-state index in [1.54, 1.807) is 11.0 Å². The smallest absolute Gasteiger partial charge is 0.267 e. The molecular formula is C14H15N3O2.